The van der Waals surface area contributed by atoms with Gasteiger partial charge in [-0.15, -0.1) is 0 Å². The molecule has 82 valence electrons. The number of alkyl halides is 1. The van der Waals surface area contributed by atoms with E-state index in [1.54, 1.807) is 7.05 Å². The number of likely N-dealkylation sites (N-methyl/N-ethyl adjacent to an activating group) is 1. The van der Waals surface area contributed by atoms with Crippen LogP contribution in [0.2, 0.25) is 0 Å². The average Bonchev–Trinajstić information content (AvgIpc) is 2.15. The number of amides is 1. The normalized spacial score (nSPS) is 12.4. The fraction of sp³-hybridized carbons (Fsp3) is 0.778. The van der Waals surface area contributed by atoms with Crippen LogP contribution in [-0.2, 0) is 14.3 Å². The summed E-state index contributed by atoms with van der Waals surface area (Å²) in [6.07, 6.45) is 0. The number of carbonyl (C=O) groups is 2. The minimum atomic E-state index is -0.509. The van der Waals surface area contributed by atoms with Crippen molar-refractivity contribution < 1.29 is 14.3 Å². The third kappa shape index (κ3) is 3.29. The smallest absolute Gasteiger partial charge is 0.328 e. The van der Waals surface area contributed by atoms with Gasteiger partial charge in [-0.25, -0.2) is 4.79 Å². The number of rotatable bonds is 4. The fourth-order valence-corrected chi connectivity index (χ4v) is 1.64. The van der Waals surface area contributed by atoms with E-state index in [9.17, 15) is 9.59 Å². The van der Waals surface area contributed by atoms with E-state index >= 15 is 0 Å². The number of ether oxygens (including phenoxy) is 1. The maximum absolute atomic E-state index is 11.4. The van der Waals surface area contributed by atoms with Crippen LogP contribution in [0.1, 0.15) is 13.8 Å². The van der Waals surface area contributed by atoms with Gasteiger partial charge in [0.15, 0.2) is 0 Å². The highest BCUT2D eigenvalue weighted by Crippen LogP contribution is 2.11. The summed E-state index contributed by atoms with van der Waals surface area (Å²) in [5, 5.41) is 0.212. The van der Waals surface area contributed by atoms with E-state index < -0.39 is 6.04 Å². The number of nitrogens with zero attached hydrogens (tertiary/aromatic N) is 1. The Morgan fingerprint density at radius 2 is 1.93 bits per heavy atom. The highest BCUT2D eigenvalue weighted by molar-refractivity contribution is 9.09. The van der Waals surface area contributed by atoms with Crippen LogP contribution in [0.5, 0.6) is 0 Å². The first-order valence-electron chi connectivity index (χ1n) is 4.35. The van der Waals surface area contributed by atoms with E-state index in [2.05, 4.69) is 20.7 Å². The summed E-state index contributed by atoms with van der Waals surface area (Å²) in [6, 6.07) is -0.509. The van der Waals surface area contributed by atoms with E-state index in [1.165, 1.54) is 12.0 Å². The zero-order valence-electron chi connectivity index (χ0n) is 8.91. The van der Waals surface area contributed by atoms with Crippen LogP contribution in [0.15, 0.2) is 0 Å². The number of hydrogen-bond donors (Lipinski definition) is 0. The van der Waals surface area contributed by atoms with Gasteiger partial charge in [0.1, 0.15) is 6.04 Å². The minimum absolute atomic E-state index is 0.0375. The molecule has 0 N–H and O–H groups in total. The van der Waals surface area contributed by atoms with E-state index in [-0.39, 0.29) is 23.1 Å². The molecule has 0 bridgehead atoms. The first-order chi connectivity index (χ1) is 6.45. The van der Waals surface area contributed by atoms with Crippen LogP contribution in [0, 0.1) is 5.92 Å². The Balaban J connectivity index is 4.65. The van der Waals surface area contributed by atoms with Gasteiger partial charge in [0.2, 0.25) is 5.91 Å². The first-order valence-corrected chi connectivity index (χ1v) is 5.47. The van der Waals surface area contributed by atoms with Crippen molar-refractivity contribution in [2.24, 2.45) is 5.92 Å². The largest absolute Gasteiger partial charge is 0.467 e. The van der Waals surface area contributed by atoms with Gasteiger partial charge in [-0.1, -0.05) is 29.8 Å². The highest BCUT2D eigenvalue weighted by atomic mass is 79.9. The summed E-state index contributed by atoms with van der Waals surface area (Å²) in [4.78, 5) is 24.1. The van der Waals surface area contributed by atoms with Crippen LogP contribution < -0.4 is 0 Å². The van der Waals surface area contributed by atoms with Crippen molar-refractivity contribution >= 4 is 27.8 Å². The van der Waals surface area contributed by atoms with E-state index in [1.807, 2.05) is 13.8 Å². The van der Waals surface area contributed by atoms with Crippen LogP contribution in [0.25, 0.3) is 0 Å². The Morgan fingerprint density at radius 3 is 2.21 bits per heavy atom. The van der Waals surface area contributed by atoms with Crippen LogP contribution in [0.3, 0.4) is 0 Å². The van der Waals surface area contributed by atoms with Gasteiger partial charge in [-0.05, 0) is 5.92 Å². The summed E-state index contributed by atoms with van der Waals surface area (Å²) in [5.41, 5.74) is 0. The lowest BCUT2D eigenvalue weighted by atomic mass is 10.0. The van der Waals surface area contributed by atoms with Crippen molar-refractivity contribution in [3.8, 4) is 0 Å². The molecule has 0 saturated heterocycles. The third-order valence-electron chi connectivity index (χ3n) is 2.00. The monoisotopic (exact) mass is 265 g/mol. The van der Waals surface area contributed by atoms with Crippen molar-refractivity contribution in [2.45, 2.75) is 19.9 Å². The molecule has 0 rings (SSSR count). The van der Waals surface area contributed by atoms with Gasteiger partial charge in [-0.3, -0.25) is 4.79 Å². The summed E-state index contributed by atoms with van der Waals surface area (Å²) >= 11 is 3.06. The number of halogens is 1. The van der Waals surface area contributed by atoms with Crippen molar-refractivity contribution in [3.63, 3.8) is 0 Å². The van der Waals surface area contributed by atoms with E-state index in [4.69, 9.17) is 0 Å². The van der Waals surface area contributed by atoms with Crippen LogP contribution >= 0.6 is 15.9 Å². The molecule has 0 unspecified atom stereocenters. The van der Waals surface area contributed by atoms with Gasteiger partial charge in [-0.2, -0.15) is 0 Å². The molecule has 0 fully saturated rings. The Bertz CT molecular complexity index is 218. The molecule has 4 nitrogen and oxygen atoms in total. The molecule has 0 spiro atoms. The average molecular weight is 266 g/mol. The number of esters is 1. The van der Waals surface area contributed by atoms with Crippen molar-refractivity contribution in [1.29, 1.82) is 0 Å². The predicted molar refractivity (Wildman–Crippen MR) is 57.2 cm³/mol. The molecular weight excluding hydrogens is 250 g/mol. The van der Waals surface area contributed by atoms with Gasteiger partial charge >= 0.3 is 5.97 Å². The molecule has 14 heavy (non-hydrogen) atoms. The second kappa shape index (κ2) is 6.01. The van der Waals surface area contributed by atoms with E-state index in [0.29, 0.717) is 0 Å². The Kier molecular flexibility index (Phi) is 5.76. The molecule has 5 heteroatoms. The zero-order chi connectivity index (χ0) is 11.3. The third-order valence-corrected chi connectivity index (χ3v) is 2.48. The lowest BCUT2D eigenvalue weighted by Gasteiger charge is -2.28. The zero-order valence-corrected chi connectivity index (χ0v) is 10.5. The quantitative estimate of drug-likeness (QED) is 0.564. The van der Waals surface area contributed by atoms with Crippen molar-refractivity contribution in [3.05, 3.63) is 0 Å². The summed E-state index contributed by atoms with van der Waals surface area (Å²) in [5.74, 6) is -0.471. The molecule has 0 aromatic rings. The van der Waals surface area contributed by atoms with Crippen LogP contribution in [-0.4, -0.2) is 42.3 Å². The van der Waals surface area contributed by atoms with Crippen molar-refractivity contribution in [1.82, 2.24) is 4.90 Å². The molecule has 0 aromatic heterocycles. The van der Waals surface area contributed by atoms with E-state index in [0.717, 1.165) is 0 Å². The maximum Gasteiger partial charge on any atom is 0.328 e. The van der Waals surface area contributed by atoms with Gasteiger partial charge in [0, 0.05) is 7.05 Å². The molecule has 1 amide bonds. The SMILES string of the molecule is COC(=O)[C@H](C(C)C)N(C)C(=O)CBr. The summed E-state index contributed by atoms with van der Waals surface area (Å²) in [6.45, 7) is 3.75. The Morgan fingerprint density at radius 1 is 1.43 bits per heavy atom. The maximum atomic E-state index is 11.4. The summed E-state index contributed by atoms with van der Waals surface area (Å²) in [7, 11) is 2.93. The Hall–Kier alpha value is -0.580. The van der Waals surface area contributed by atoms with Crippen molar-refractivity contribution in [2.75, 3.05) is 19.5 Å². The molecule has 0 aromatic carbocycles. The predicted octanol–water partition coefficient (Wildman–Crippen LogP) is 1.04. The topological polar surface area (TPSA) is 46.6 Å². The fourth-order valence-electron chi connectivity index (χ4n) is 1.25. The first kappa shape index (κ1) is 13.4. The molecular formula is C9H16BrNO3. The number of hydrogen-bond acceptors (Lipinski definition) is 3. The molecule has 0 aliphatic carbocycles. The van der Waals surface area contributed by atoms with Gasteiger partial charge in [0.05, 0.1) is 12.4 Å². The second-order valence-electron chi connectivity index (χ2n) is 3.35. The Labute approximate surface area is 92.7 Å². The van der Waals surface area contributed by atoms with Crippen LogP contribution in [0.4, 0.5) is 0 Å². The standard InChI is InChI=1S/C9H16BrNO3/c1-6(2)8(9(13)14-4)11(3)7(12)5-10/h6,8H,5H2,1-4H3/t8-/m0/s1. The van der Waals surface area contributed by atoms with Gasteiger partial charge < -0.3 is 9.64 Å². The molecule has 0 aliphatic heterocycles. The summed E-state index contributed by atoms with van der Waals surface area (Å²) < 4.78 is 4.64. The second-order valence-corrected chi connectivity index (χ2v) is 3.91. The lowest BCUT2D eigenvalue weighted by molar-refractivity contribution is -0.152. The highest BCUT2D eigenvalue weighted by Gasteiger charge is 2.29. The molecule has 0 heterocycles. The number of carbonyl (C=O) groups excluding carboxylic acids is 2. The molecule has 0 aliphatic rings. The lowest BCUT2D eigenvalue weighted by Crippen LogP contribution is -2.46. The number of methoxy groups -OCH3 is 1. The minimum Gasteiger partial charge on any atom is -0.467 e. The van der Waals surface area contributed by atoms with Gasteiger partial charge in [0.25, 0.3) is 0 Å². The molecule has 0 radical (unpaired) electrons. The molecule has 1 atom stereocenters. The molecule has 0 saturated carbocycles.